The topological polar surface area (TPSA) is 64.4 Å². The number of nitro benzene ring substituents is 1. The Morgan fingerprint density at radius 1 is 1.50 bits per heavy atom. The Balaban J connectivity index is 2.03. The van der Waals surface area contributed by atoms with E-state index >= 15 is 0 Å². The van der Waals surface area contributed by atoms with Gasteiger partial charge in [-0.05, 0) is 30.7 Å². The molecule has 0 spiro atoms. The monoisotopic (exact) mass is 296 g/mol. The zero-order valence-electron chi connectivity index (χ0n) is 11.8. The fourth-order valence-corrected chi connectivity index (χ4v) is 3.64. The summed E-state index contributed by atoms with van der Waals surface area (Å²) in [5, 5.41) is 15.2. The van der Waals surface area contributed by atoms with Gasteiger partial charge in [0.1, 0.15) is 0 Å². The molecule has 0 aliphatic heterocycles. The number of hydrogen-bond donors (Lipinski definition) is 1. The number of hydrogen-bond acceptors (Lipinski definition) is 5. The van der Waals surface area contributed by atoms with Gasteiger partial charge in [0.2, 0.25) is 0 Å². The molecule has 2 rings (SSSR count). The summed E-state index contributed by atoms with van der Waals surface area (Å²) in [6.45, 7) is 0.659. The molecule has 1 aromatic carbocycles. The third-order valence-corrected chi connectivity index (χ3v) is 4.93. The first-order valence-electron chi connectivity index (χ1n) is 6.73. The summed E-state index contributed by atoms with van der Waals surface area (Å²) < 4.78 is 5.01. The van der Waals surface area contributed by atoms with E-state index < -0.39 is 4.92 Å². The van der Waals surface area contributed by atoms with Crippen molar-refractivity contribution in [2.75, 3.05) is 13.4 Å². The molecular weight excluding hydrogens is 276 g/mol. The molecule has 20 heavy (non-hydrogen) atoms. The summed E-state index contributed by atoms with van der Waals surface area (Å²) in [7, 11) is 1.45. The zero-order chi connectivity index (χ0) is 14.5. The van der Waals surface area contributed by atoms with Crippen LogP contribution in [-0.4, -0.2) is 29.6 Å². The predicted molar refractivity (Wildman–Crippen MR) is 81.4 cm³/mol. The van der Waals surface area contributed by atoms with Gasteiger partial charge in [0.05, 0.1) is 12.0 Å². The lowest BCUT2D eigenvalue weighted by Crippen LogP contribution is -2.33. The van der Waals surface area contributed by atoms with Crippen LogP contribution in [-0.2, 0) is 6.54 Å². The summed E-state index contributed by atoms with van der Waals surface area (Å²) in [5.74, 6) is 0.307. The highest BCUT2D eigenvalue weighted by Gasteiger charge is 2.26. The third kappa shape index (κ3) is 3.43. The lowest BCUT2D eigenvalue weighted by atomic mass is 10.1. The van der Waals surface area contributed by atoms with Crippen LogP contribution in [0.1, 0.15) is 24.8 Å². The molecule has 2 atom stereocenters. The van der Waals surface area contributed by atoms with Crippen LogP contribution in [0, 0.1) is 10.1 Å². The first-order valence-corrected chi connectivity index (χ1v) is 8.02. The molecule has 5 nitrogen and oxygen atoms in total. The number of rotatable bonds is 6. The Bertz CT molecular complexity index is 481. The molecule has 0 bridgehead atoms. The maximum Gasteiger partial charge on any atom is 0.311 e. The molecule has 1 aliphatic carbocycles. The van der Waals surface area contributed by atoms with Crippen LogP contribution in [0.5, 0.6) is 5.75 Å². The van der Waals surface area contributed by atoms with Crippen molar-refractivity contribution < 1.29 is 9.66 Å². The summed E-state index contributed by atoms with van der Waals surface area (Å²) in [6.07, 6.45) is 5.83. The second kappa shape index (κ2) is 6.95. The first kappa shape index (κ1) is 15.1. The molecule has 1 saturated carbocycles. The minimum atomic E-state index is -0.400. The van der Waals surface area contributed by atoms with Crippen molar-refractivity contribution in [1.29, 1.82) is 0 Å². The van der Waals surface area contributed by atoms with Gasteiger partial charge >= 0.3 is 5.69 Å². The Morgan fingerprint density at radius 2 is 2.30 bits per heavy atom. The molecule has 0 amide bonds. The molecule has 1 N–H and O–H groups in total. The lowest BCUT2D eigenvalue weighted by Gasteiger charge is -2.19. The average molecular weight is 296 g/mol. The average Bonchev–Trinajstić information content (AvgIpc) is 2.92. The van der Waals surface area contributed by atoms with Crippen molar-refractivity contribution in [3.8, 4) is 5.75 Å². The minimum absolute atomic E-state index is 0.0274. The molecule has 0 aromatic heterocycles. The quantitative estimate of drug-likeness (QED) is 0.646. The van der Waals surface area contributed by atoms with Crippen molar-refractivity contribution in [2.45, 2.75) is 37.1 Å². The SMILES string of the molecule is COc1ccc(CNC2CCCC2SC)cc1[N+](=O)[O-]. The number of nitro groups is 1. The van der Waals surface area contributed by atoms with Crippen molar-refractivity contribution in [3.05, 3.63) is 33.9 Å². The van der Waals surface area contributed by atoms with E-state index in [2.05, 4.69) is 11.6 Å². The lowest BCUT2D eigenvalue weighted by molar-refractivity contribution is -0.385. The van der Waals surface area contributed by atoms with Crippen LogP contribution < -0.4 is 10.1 Å². The minimum Gasteiger partial charge on any atom is -0.490 e. The Hall–Kier alpha value is -1.27. The largest absolute Gasteiger partial charge is 0.490 e. The van der Waals surface area contributed by atoms with E-state index in [-0.39, 0.29) is 5.69 Å². The number of nitrogens with zero attached hydrogens (tertiary/aromatic N) is 1. The summed E-state index contributed by atoms with van der Waals surface area (Å²) >= 11 is 1.90. The van der Waals surface area contributed by atoms with E-state index in [1.54, 1.807) is 12.1 Å². The van der Waals surface area contributed by atoms with Gasteiger partial charge in [0.25, 0.3) is 0 Å². The second-order valence-electron chi connectivity index (χ2n) is 4.96. The molecule has 1 aliphatic rings. The van der Waals surface area contributed by atoms with Crippen LogP contribution in [0.15, 0.2) is 18.2 Å². The van der Waals surface area contributed by atoms with Crippen LogP contribution in [0.4, 0.5) is 5.69 Å². The maximum absolute atomic E-state index is 11.0. The van der Waals surface area contributed by atoms with Gasteiger partial charge in [-0.3, -0.25) is 10.1 Å². The summed E-state index contributed by atoms with van der Waals surface area (Å²) in [6, 6.07) is 5.64. The van der Waals surface area contributed by atoms with Gasteiger partial charge in [-0.1, -0.05) is 12.5 Å². The number of nitrogens with one attached hydrogen (secondary N) is 1. The number of ether oxygens (including phenoxy) is 1. The Labute approximate surface area is 123 Å². The fourth-order valence-electron chi connectivity index (χ4n) is 2.68. The molecule has 0 heterocycles. The molecule has 6 heteroatoms. The van der Waals surface area contributed by atoms with Gasteiger partial charge in [-0.25, -0.2) is 0 Å². The highest BCUT2D eigenvalue weighted by molar-refractivity contribution is 7.99. The molecule has 1 fully saturated rings. The van der Waals surface area contributed by atoms with Gasteiger partial charge in [0, 0.05) is 23.9 Å². The van der Waals surface area contributed by atoms with Crippen LogP contribution in [0.3, 0.4) is 0 Å². The van der Waals surface area contributed by atoms with E-state index in [0.717, 1.165) is 5.56 Å². The van der Waals surface area contributed by atoms with Gasteiger partial charge in [0.15, 0.2) is 5.75 Å². The van der Waals surface area contributed by atoms with E-state index in [4.69, 9.17) is 4.74 Å². The van der Waals surface area contributed by atoms with Gasteiger partial charge in [-0.15, -0.1) is 0 Å². The highest BCUT2D eigenvalue weighted by atomic mass is 32.2. The van der Waals surface area contributed by atoms with Crippen molar-refractivity contribution in [1.82, 2.24) is 5.32 Å². The van der Waals surface area contributed by atoms with Crippen LogP contribution in [0.2, 0.25) is 0 Å². The summed E-state index contributed by atoms with van der Waals surface area (Å²) in [4.78, 5) is 10.6. The van der Waals surface area contributed by atoms with E-state index in [1.165, 1.54) is 26.4 Å². The molecule has 0 saturated heterocycles. The first-order chi connectivity index (χ1) is 9.65. The normalized spacial score (nSPS) is 21.9. The maximum atomic E-state index is 11.0. The smallest absolute Gasteiger partial charge is 0.311 e. The van der Waals surface area contributed by atoms with E-state index in [1.807, 2.05) is 17.8 Å². The third-order valence-electron chi connectivity index (χ3n) is 3.76. The van der Waals surface area contributed by atoms with Crippen LogP contribution in [0.25, 0.3) is 0 Å². The highest BCUT2D eigenvalue weighted by Crippen LogP contribution is 2.30. The molecule has 110 valence electrons. The standard InChI is InChI=1S/C14H20N2O3S/c1-19-13-7-6-10(8-12(13)16(17)18)9-15-11-4-3-5-14(11)20-2/h6-8,11,14-15H,3-5,9H2,1-2H3. The van der Waals surface area contributed by atoms with Crippen molar-refractivity contribution in [3.63, 3.8) is 0 Å². The molecule has 1 aromatic rings. The number of benzene rings is 1. The second-order valence-corrected chi connectivity index (χ2v) is 6.03. The Kier molecular flexibility index (Phi) is 5.25. The number of thioether (sulfide) groups is 1. The fraction of sp³-hybridized carbons (Fsp3) is 0.571. The van der Waals surface area contributed by atoms with Crippen molar-refractivity contribution in [2.24, 2.45) is 0 Å². The zero-order valence-corrected chi connectivity index (χ0v) is 12.6. The molecular formula is C14H20N2O3S. The number of methoxy groups -OCH3 is 1. The van der Waals surface area contributed by atoms with Gasteiger partial charge in [-0.2, -0.15) is 11.8 Å². The summed E-state index contributed by atoms with van der Waals surface area (Å²) in [5.41, 5.74) is 0.948. The van der Waals surface area contributed by atoms with E-state index in [0.29, 0.717) is 23.6 Å². The predicted octanol–water partition coefficient (Wildman–Crippen LogP) is 2.98. The van der Waals surface area contributed by atoms with Crippen molar-refractivity contribution >= 4 is 17.4 Å². The Morgan fingerprint density at radius 3 is 2.95 bits per heavy atom. The van der Waals surface area contributed by atoms with Gasteiger partial charge < -0.3 is 10.1 Å². The molecule has 2 unspecified atom stereocenters. The van der Waals surface area contributed by atoms with E-state index in [9.17, 15) is 10.1 Å². The van der Waals surface area contributed by atoms with Crippen LogP contribution >= 0.6 is 11.8 Å². The molecule has 0 radical (unpaired) electrons.